The van der Waals surface area contributed by atoms with Gasteiger partial charge in [-0.1, -0.05) is 0 Å². The summed E-state index contributed by atoms with van der Waals surface area (Å²) in [5.41, 5.74) is 9.64. The van der Waals surface area contributed by atoms with Crippen molar-refractivity contribution in [2.45, 2.75) is 19.9 Å². The molecule has 1 aromatic rings. The normalized spacial score (nSPS) is 10.6. The molecule has 1 heterocycles. The number of anilines is 1. The lowest BCUT2D eigenvalue weighted by molar-refractivity contribution is 0.0513. The molecule has 0 fully saturated rings. The number of rotatable bonds is 4. The number of esters is 1. The van der Waals surface area contributed by atoms with Crippen molar-refractivity contribution in [3.05, 3.63) is 23.0 Å². The Bertz CT molecular complexity index is 424. The van der Waals surface area contributed by atoms with E-state index in [1.54, 1.807) is 6.92 Å². The third-order valence-electron chi connectivity index (χ3n) is 2.12. The van der Waals surface area contributed by atoms with Gasteiger partial charge in [-0.15, -0.1) is 0 Å². The Kier molecular flexibility index (Phi) is 4.33. The van der Waals surface area contributed by atoms with E-state index in [1.807, 2.05) is 0 Å². The number of aromatic nitrogens is 1. The number of alkyl halides is 2. The highest BCUT2D eigenvalue weighted by Crippen LogP contribution is 2.30. The van der Waals surface area contributed by atoms with E-state index in [-0.39, 0.29) is 30.1 Å². The number of hydrogen-bond acceptors (Lipinski definition) is 5. The van der Waals surface area contributed by atoms with Gasteiger partial charge in [0.25, 0.3) is 6.43 Å². The highest BCUT2D eigenvalue weighted by Gasteiger charge is 2.26. The summed E-state index contributed by atoms with van der Waals surface area (Å²) in [5, 5.41) is 0. The van der Waals surface area contributed by atoms with Crippen molar-refractivity contribution in [3.8, 4) is 0 Å². The van der Waals surface area contributed by atoms with Crippen LogP contribution in [0.15, 0.2) is 6.20 Å². The van der Waals surface area contributed by atoms with E-state index in [9.17, 15) is 13.6 Å². The molecule has 0 aliphatic rings. The maximum absolute atomic E-state index is 12.8. The number of nitrogens with zero attached hydrogens (tertiary/aromatic N) is 1. The Morgan fingerprint density at radius 1 is 1.59 bits per heavy atom. The monoisotopic (exact) mass is 245 g/mol. The molecule has 0 spiro atoms. The van der Waals surface area contributed by atoms with Crippen molar-refractivity contribution in [2.24, 2.45) is 5.73 Å². The van der Waals surface area contributed by atoms with Crippen LogP contribution in [0.1, 0.15) is 35.0 Å². The second-order valence-corrected chi connectivity index (χ2v) is 3.17. The molecule has 0 saturated carbocycles. The number of carbonyl (C=O) groups excluding carboxylic acids is 1. The Morgan fingerprint density at radius 2 is 2.24 bits per heavy atom. The molecule has 0 amide bonds. The van der Waals surface area contributed by atoms with Crippen molar-refractivity contribution in [1.82, 2.24) is 4.98 Å². The predicted octanol–water partition coefficient (Wildman–Crippen LogP) is 1.24. The van der Waals surface area contributed by atoms with Crippen LogP contribution in [-0.2, 0) is 11.3 Å². The van der Waals surface area contributed by atoms with E-state index in [0.29, 0.717) is 0 Å². The number of halogens is 2. The van der Waals surface area contributed by atoms with Gasteiger partial charge in [0.2, 0.25) is 0 Å². The van der Waals surface area contributed by atoms with E-state index >= 15 is 0 Å². The van der Waals surface area contributed by atoms with Gasteiger partial charge in [-0.05, 0) is 6.92 Å². The number of carbonyl (C=O) groups is 1. The molecule has 1 aromatic heterocycles. The fourth-order valence-corrected chi connectivity index (χ4v) is 1.40. The molecular formula is C10H13F2N3O2. The summed E-state index contributed by atoms with van der Waals surface area (Å²) in [6, 6.07) is 0. The Labute approximate surface area is 96.8 Å². The quantitative estimate of drug-likeness (QED) is 0.778. The number of nitrogen functional groups attached to an aromatic ring is 1. The van der Waals surface area contributed by atoms with Crippen LogP contribution >= 0.6 is 0 Å². The van der Waals surface area contributed by atoms with Crippen molar-refractivity contribution < 1.29 is 18.3 Å². The summed E-state index contributed by atoms with van der Waals surface area (Å²) in [4.78, 5) is 15.4. The minimum atomic E-state index is -2.89. The summed E-state index contributed by atoms with van der Waals surface area (Å²) in [6.45, 7) is 1.50. The van der Waals surface area contributed by atoms with Crippen LogP contribution < -0.4 is 11.5 Å². The zero-order chi connectivity index (χ0) is 13.0. The van der Waals surface area contributed by atoms with E-state index < -0.39 is 18.0 Å². The molecule has 0 radical (unpaired) electrons. The van der Waals surface area contributed by atoms with Gasteiger partial charge in [-0.2, -0.15) is 0 Å². The molecule has 17 heavy (non-hydrogen) atoms. The summed E-state index contributed by atoms with van der Waals surface area (Å²) >= 11 is 0. The number of ether oxygens (including phenoxy) is 1. The first-order valence-electron chi connectivity index (χ1n) is 4.95. The largest absolute Gasteiger partial charge is 0.462 e. The summed E-state index contributed by atoms with van der Waals surface area (Å²) in [5.74, 6) is -0.886. The molecule has 0 bridgehead atoms. The highest BCUT2D eigenvalue weighted by molar-refractivity contribution is 5.94. The number of nitrogens with two attached hydrogens (primary N) is 2. The molecule has 4 N–H and O–H groups in total. The fourth-order valence-electron chi connectivity index (χ4n) is 1.40. The van der Waals surface area contributed by atoms with Gasteiger partial charge in [0.1, 0.15) is 0 Å². The molecule has 0 aromatic carbocycles. The first-order valence-corrected chi connectivity index (χ1v) is 4.95. The van der Waals surface area contributed by atoms with Gasteiger partial charge < -0.3 is 16.2 Å². The third kappa shape index (κ3) is 2.68. The SMILES string of the molecule is CCOC(=O)c1c(CN)ncc(N)c1C(F)F. The van der Waals surface area contributed by atoms with Gasteiger partial charge in [0, 0.05) is 6.54 Å². The third-order valence-corrected chi connectivity index (χ3v) is 2.12. The summed E-state index contributed by atoms with van der Waals surface area (Å²) in [7, 11) is 0. The topological polar surface area (TPSA) is 91.2 Å². The Morgan fingerprint density at radius 3 is 2.71 bits per heavy atom. The van der Waals surface area contributed by atoms with Crippen molar-refractivity contribution >= 4 is 11.7 Å². The average Bonchev–Trinajstić information content (AvgIpc) is 2.28. The smallest absolute Gasteiger partial charge is 0.340 e. The van der Waals surface area contributed by atoms with E-state index in [1.165, 1.54) is 0 Å². The summed E-state index contributed by atoms with van der Waals surface area (Å²) in [6.07, 6.45) is -1.82. The van der Waals surface area contributed by atoms with Gasteiger partial charge in [0.05, 0.1) is 35.3 Å². The molecule has 0 unspecified atom stereocenters. The Balaban J connectivity index is 3.40. The van der Waals surface area contributed by atoms with Crippen LogP contribution in [0.25, 0.3) is 0 Å². The molecule has 7 heteroatoms. The number of hydrogen-bond donors (Lipinski definition) is 2. The van der Waals surface area contributed by atoms with Crippen LogP contribution in [0.2, 0.25) is 0 Å². The van der Waals surface area contributed by atoms with Gasteiger partial charge >= 0.3 is 5.97 Å². The second kappa shape index (κ2) is 5.53. The van der Waals surface area contributed by atoms with E-state index in [4.69, 9.17) is 16.2 Å². The Hall–Kier alpha value is -1.76. The first kappa shape index (κ1) is 13.3. The molecule has 0 saturated heterocycles. The van der Waals surface area contributed by atoms with Crippen LogP contribution in [0.5, 0.6) is 0 Å². The van der Waals surface area contributed by atoms with Crippen molar-refractivity contribution in [1.29, 1.82) is 0 Å². The van der Waals surface area contributed by atoms with Crippen molar-refractivity contribution in [3.63, 3.8) is 0 Å². The predicted molar refractivity (Wildman–Crippen MR) is 57.5 cm³/mol. The standard InChI is InChI=1S/C10H13F2N3O2/c1-2-17-10(16)8-6(3-13)15-4-5(14)7(8)9(11)12/h4,9H,2-3,13-14H2,1H3. The van der Waals surface area contributed by atoms with Crippen molar-refractivity contribution in [2.75, 3.05) is 12.3 Å². The molecule has 0 aliphatic carbocycles. The minimum Gasteiger partial charge on any atom is -0.462 e. The molecule has 0 aliphatic heterocycles. The lowest BCUT2D eigenvalue weighted by Crippen LogP contribution is -2.17. The number of pyridine rings is 1. The molecule has 0 atom stereocenters. The first-order chi connectivity index (χ1) is 8.02. The minimum absolute atomic E-state index is 0.0490. The van der Waals surface area contributed by atoms with Crippen LogP contribution in [0, 0.1) is 0 Å². The zero-order valence-electron chi connectivity index (χ0n) is 9.24. The van der Waals surface area contributed by atoms with Gasteiger partial charge in [0.15, 0.2) is 0 Å². The molecule has 1 rings (SSSR count). The van der Waals surface area contributed by atoms with Gasteiger partial charge in [-0.25, -0.2) is 13.6 Å². The molecule has 94 valence electrons. The second-order valence-electron chi connectivity index (χ2n) is 3.17. The lowest BCUT2D eigenvalue weighted by atomic mass is 10.0. The molecule has 5 nitrogen and oxygen atoms in total. The fraction of sp³-hybridized carbons (Fsp3) is 0.400. The average molecular weight is 245 g/mol. The van der Waals surface area contributed by atoms with E-state index in [2.05, 4.69) is 4.98 Å². The summed E-state index contributed by atoms with van der Waals surface area (Å²) < 4.78 is 30.4. The van der Waals surface area contributed by atoms with Crippen LogP contribution in [0.3, 0.4) is 0 Å². The molecular weight excluding hydrogens is 232 g/mol. The van der Waals surface area contributed by atoms with E-state index in [0.717, 1.165) is 6.20 Å². The lowest BCUT2D eigenvalue weighted by Gasteiger charge is -2.13. The van der Waals surface area contributed by atoms with Gasteiger partial charge in [-0.3, -0.25) is 4.98 Å². The van der Waals surface area contributed by atoms with Crippen LogP contribution in [-0.4, -0.2) is 17.6 Å². The maximum Gasteiger partial charge on any atom is 0.340 e. The zero-order valence-corrected chi connectivity index (χ0v) is 9.24. The maximum atomic E-state index is 12.8. The highest BCUT2D eigenvalue weighted by atomic mass is 19.3. The van der Waals surface area contributed by atoms with Crippen LogP contribution in [0.4, 0.5) is 14.5 Å².